The number of ketones is 1. The minimum Gasteiger partial charge on any atom is -0.297 e. The van der Waals surface area contributed by atoms with E-state index in [4.69, 9.17) is 0 Å². The maximum Gasteiger partial charge on any atom is 0.185 e. The zero-order chi connectivity index (χ0) is 13.2. The lowest BCUT2D eigenvalue weighted by molar-refractivity contribution is 0.0706. The average Bonchev–Trinajstić information content (AvgIpc) is 2.30. The molecule has 1 unspecified atom stereocenters. The molecule has 0 saturated heterocycles. The number of hydrogen-bond donors (Lipinski definition) is 0. The number of likely N-dealkylation sites (N-methyl/N-ethyl adjacent to an activating group) is 1. The van der Waals surface area contributed by atoms with Gasteiger partial charge >= 0.3 is 0 Å². The van der Waals surface area contributed by atoms with Crippen molar-refractivity contribution >= 4 is 21.7 Å². The summed E-state index contributed by atoms with van der Waals surface area (Å²) in [5, 5.41) is 0. The Morgan fingerprint density at radius 1 is 1.47 bits per heavy atom. The highest BCUT2D eigenvalue weighted by Gasteiger charge is 2.35. The van der Waals surface area contributed by atoms with Gasteiger partial charge in [-0.15, -0.1) is 0 Å². The Labute approximate surface area is 110 Å². The lowest BCUT2D eigenvalue weighted by Gasteiger charge is -2.34. The Kier molecular flexibility index (Phi) is 4.44. The summed E-state index contributed by atoms with van der Waals surface area (Å²) in [6.45, 7) is 3.75. The summed E-state index contributed by atoms with van der Waals surface area (Å²) in [5.74, 6) is -0.663. The number of nitrogens with zero attached hydrogens (tertiary/aromatic N) is 1. The van der Waals surface area contributed by atoms with Crippen molar-refractivity contribution < 1.29 is 9.18 Å². The standard InChI is InChI=1S/C13H17BrFNO/c1-5-13(2,16(3)4)12(17)10-8-9(14)6-7-11(10)15/h6-8H,5H2,1-4H3. The Morgan fingerprint density at radius 2 is 2.06 bits per heavy atom. The zero-order valence-corrected chi connectivity index (χ0v) is 12.1. The quantitative estimate of drug-likeness (QED) is 0.793. The maximum absolute atomic E-state index is 13.7. The third-order valence-electron chi connectivity index (χ3n) is 3.34. The number of hydrogen-bond acceptors (Lipinski definition) is 2. The van der Waals surface area contributed by atoms with E-state index in [-0.39, 0.29) is 11.3 Å². The predicted octanol–water partition coefficient (Wildman–Crippen LogP) is 3.50. The zero-order valence-electron chi connectivity index (χ0n) is 10.6. The van der Waals surface area contributed by atoms with Gasteiger partial charge in [0.15, 0.2) is 5.78 Å². The van der Waals surface area contributed by atoms with Gasteiger partial charge in [-0.25, -0.2) is 4.39 Å². The van der Waals surface area contributed by atoms with Crippen molar-refractivity contribution in [3.63, 3.8) is 0 Å². The molecule has 0 amide bonds. The van der Waals surface area contributed by atoms with Crippen molar-refractivity contribution in [2.75, 3.05) is 14.1 Å². The van der Waals surface area contributed by atoms with Crippen LogP contribution >= 0.6 is 15.9 Å². The van der Waals surface area contributed by atoms with Crippen LogP contribution in [0.5, 0.6) is 0 Å². The van der Waals surface area contributed by atoms with Crippen LogP contribution in [0.25, 0.3) is 0 Å². The van der Waals surface area contributed by atoms with Crippen LogP contribution in [0.4, 0.5) is 4.39 Å². The average molecular weight is 302 g/mol. The van der Waals surface area contributed by atoms with Crippen LogP contribution in [0, 0.1) is 5.82 Å². The van der Waals surface area contributed by atoms with Gasteiger partial charge in [0.05, 0.1) is 11.1 Å². The minimum absolute atomic E-state index is 0.137. The Balaban J connectivity index is 3.24. The molecule has 0 aromatic heterocycles. The molecule has 0 saturated carbocycles. The fraction of sp³-hybridized carbons (Fsp3) is 0.462. The van der Waals surface area contributed by atoms with E-state index in [0.29, 0.717) is 10.9 Å². The molecule has 1 aromatic carbocycles. The smallest absolute Gasteiger partial charge is 0.185 e. The summed E-state index contributed by atoms with van der Waals surface area (Å²) >= 11 is 3.26. The van der Waals surface area contributed by atoms with Crippen molar-refractivity contribution in [3.8, 4) is 0 Å². The molecule has 0 N–H and O–H groups in total. The molecule has 0 aliphatic heterocycles. The van der Waals surface area contributed by atoms with Crippen LogP contribution in [0.15, 0.2) is 22.7 Å². The molecule has 17 heavy (non-hydrogen) atoms. The molecule has 0 radical (unpaired) electrons. The van der Waals surface area contributed by atoms with Crippen LogP contribution in [-0.2, 0) is 0 Å². The molecule has 0 aliphatic carbocycles. The van der Waals surface area contributed by atoms with Gasteiger partial charge in [0, 0.05) is 4.47 Å². The largest absolute Gasteiger partial charge is 0.297 e. The summed E-state index contributed by atoms with van der Waals surface area (Å²) in [6.07, 6.45) is 0.630. The van der Waals surface area contributed by atoms with E-state index in [1.807, 2.05) is 32.8 Å². The lowest BCUT2D eigenvalue weighted by Crippen LogP contribution is -2.48. The molecule has 0 heterocycles. The highest BCUT2D eigenvalue weighted by atomic mass is 79.9. The van der Waals surface area contributed by atoms with Gasteiger partial charge in [0.25, 0.3) is 0 Å². The van der Waals surface area contributed by atoms with E-state index < -0.39 is 11.4 Å². The van der Waals surface area contributed by atoms with Crippen molar-refractivity contribution in [2.45, 2.75) is 25.8 Å². The van der Waals surface area contributed by atoms with Gasteiger partial charge in [-0.05, 0) is 45.6 Å². The SMILES string of the molecule is CCC(C)(C(=O)c1cc(Br)ccc1F)N(C)C. The summed E-state index contributed by atoms with van der Waals surface area (Å²) < 4.78 is 14.4. The Bertz CT molecular complexity index is 433. The topological polar surface area (TPSA) is 20.3 Å². The van der Waals surface area contributed by atoms with Crippen molar-refractivity contribution in [1.29, 1.82) is 0 Å². The Morgan fingerprint density at radius 3 is 2.53 bits per heavy atom. The van der Waals surface area contributed by atoms with Crippen LogP contribution in [0.3, 0.4) is 0 Å². The first-order valence-corrected chi connectivity index (χ1v) is 6.29. The molecule has 0 bridgehead atoms. The first-order valence-electron chi connectivity index (χ1n) is 5.50. The first kappa shape index (κ1) is 14.3. The van der Waals surface area contributed by atoms with Gasteiger partial charge in [-0.2, -0.15) is 0 Å². The summed E-state index contributed by atoms with van der Waals surface area (Å²) in [6, 6.07) is 4.43. The first-order chi connectivity index (χ1) is 7.82. The number of carbonyl (C=O) groups excluding carboxylic acids is 1. The molecule has 94 valence electrons. The monoisotopic (exact) mass is 301 g/mol. The number of halogens is 2. The van der Waals surface area contributed by atoms with Crippen LogP contribution in [-0.4, -0.2) is 30.3 Å². The highest BCUT2D eigenvalue weighted by Crippen LogP contribution is 2.25. The number of Topliss-reactive ketones (excluding diaryl/α,β-unsaturated/α-hetero) is 1. The lowest BCUT2D eigenvalue weighted by atomic mass is 9.87. The molecule has 1 rings (SSSR count). The highest BCUT2D eigenvalue weighted by molar-refractivity contribution is 9.10. The summed E-state index contributed by atoms with van der Waals surface area (Å²) in [5.41, 5.74) is -0.542. The van der Waals surface area contributed by atoms with Crippen LogP contribution < -0.4 is 0 Å². The molecule has 1 aromatic rings. The van der Waals surface area contributed by atoms with E-state index in [2.05, 4.69) is 15.9 Å². The Hall–Kier alpha value is -0.740. The van der Waals surface area contributed by atoms with Crippen molar-refractivity contribution in [3.05, 3.63) is 34.1 Å². The molecular weight excluding hydrogens is 285 g/mol. The molecule has 4 heteroatoms. The van der Waals surface area contributed by atoms with Gasteiger partial charge in [0.1, 0.15) is 5.82 Å². The van der Waals surface area contributed by atoms with Crippen molar-refractivity contribution in [2.24, 2.45) is 0 Å². The third kappa shape index (κ3) is 2.75. The van der Waals surface area contributed by atoms with E-state index in [1.54, 1.807) is 6.07 Å². The van der Waals surface area contributed by atoms with Crippen LogP contribution in [0.1, 0.15) is 30.6 Å². The van der Waals surface area contributed by atoms with E-state index in [9.17, 15) is 9.18 Å². The molecule has 0 spiro atoms. The van der Waals surface area contributed by atoms with E-state index in [0.717, 1.165) is 0 Å². The second kappa shape index (κ2) is 5.27. The maximum atomic E-state index is 13.7. The number of rotatable bonds is 4. The summed E-state index contributed by atoms with van der Waals surface area (Å²) in [7, 11) is 3.66. The number of carbonyl (C=O) groups is 1. The minimum atomic E-state index is -0.679. The second-order valence-corrected chi connectivity index (χ2v) is 5.39. The molecular formula is C13H17BrFNO. The normalized spacial score (nSPS) is 14.8. The predicted molar refractivity (Wildman–Crippen MR) is 70.8 cm³/mol. The van der Waals surface area contributed by atoms with Crippen LogP contribution in [0.2, 0.25) is 0 Å². The van der Waals surface area contributed by atoms with Gasteiger partial charge in [-0.1, -0.05) is 22.9 Å². The van der Waals surface area contributed by atoms with Gasteiger partial charge < -0.3 is 0 Å². The van der Waals surface area contributed by atoms with E-state index in [1.165, 1.54) is 12.1 Å². The molecule has 0 fully saturated rings. The second-order valence-electron chi connectivity index (χ2n) is 4.48. The third-order valence-corrected chi connectivity index (χ3v) is 3.83. The van der Waals surface area contributed by atoms with Gasteiger partial charge in [0.2, 0.25) is 0 Å². The molecule has 2 nitrogen and oxygen atoms in total. The van der Waals surface area contributed by atoms with E-state index >= 15 is 0 Å². The summed E-state index contributed by atoms with van der Waals surface area (Å²) in [4.78, 5) is 14.2. The van der Waals surface area contributed by atoms with Gasteiger partial charge in [-0.3, -0.25) is 9.69 Å². The molecule has 1 atom stereocenters. The van der Waals surface area contributed by atoms with Crippen molar-refractivity contribution in [1.82, 2.24) is 4.90 Å². The fourth-order valence-electron chi connectivity index (χ4n) is 1.64. The fourth-order valence-corrected chi connectivity index (χ4v) is 2.00. The molecule has 0 aliphatic rings. The number of benzene rings is 1.